The number of ether oxygens (including phenoxy) is 2. The number of pyridine rings is 1. The summed E-state index contributed by atoms with van der Waals surface area (Å²) in [4.78, 5) is 26.5. The quantitative estimate of drug-likeness (QED) is 0.473. The van der Waals surface area contributed by atoms with E-state index in [1.165, 1.54) is 25.4 Å². The molecule has 1 amide bonds. The number of amides is 1. The fraction of sp³-hybridized carbons (Fsp3) is 0.200. The van der Waals surface area contributed by atoms with Crippen molar-refractivity contribution in [3.63, 3.8) is 0 Å². The van der Waals surface area contributed by atoms with E-state index < -0.39 is 22.3 Å². The van der Waals surface area contributed by atoms with Crippen LogP contribution in [0.2, 0.25) is 0 Å². The van der Waals surface area contributed by atoms with E-state index in [0.717, 1.165) is 18.2 Å². The molecule has 0 atom stereocenters. The van der Waals surface area contributed by atoms with Crippen LogP contribution in [0, 0.1) is 15.9 Å². The molecule has 0 radical (unpaired) electrons. The molecule has 0 saturated carbocycles. The van der Waals surface area contributed by atoms with Crippen molar-refractivity contribution >= 4 is 17.3 Å². The third-order valence-electron chi connectivity index (χ3n) is 2.95. The summed E-state index contributed by atoms with van der Waals surface area (Å²) in [6.07, 6.45) is 1.44. The standard InChI is InChI=1S/C15H14FN3O5/c1-23-7-8-24-15-11(3-2-6-17-15)14(20)18-12-5-4-10(16)9-13(12)19(21)22/h2-6,9H,7-8H2,1H3,(H,18,20). The largest absolute Gasteiger partial charge is 0.475 e. The number of nitrogens with one attached hydrogen (secondary N) is 1. The average Bonchev–Trinajstić information content (AvgIpc) is 2.57. The van der Waals surface area contributed by atoms with Crippen LogP contribution in [0.4, 0.5) is 15.8 Å². The zero-order valence-corrected chi connectivity index (χ0v) is 12.7. The van der Waals surface area contributed by atoms with Crippen LogP contribution in [-0.4, -0.2) is 36.1 Å². The summed E-state index contributed by atoms with van der Waals surface area (Å²) in [6, 6.07) is 5.85. The number of aromatic nitrogens is 1. The van der Waals surface area contributed by atoms with Crippen molar-refractivity contribution < 1.29 is 23.6 Å². The monoisotopic (exact) mass is 335 g/mol. The number of rotatable bonds is 7. The van der Waals surface area contributed by atoms with Crippen molar-refractivity contribution in [2.45, 2.75) is 0 Å². The summed E-state index contributed by atoms with van der Waals surface area (Å²) in [7, 11) is 1.50. The Morgan fingerprint density at radius 1 is 1.38 bits per heavy atom. The first-order chi connectivity index (χ1) is 11.5. The molecule has 24 heavy (non-hydrogen) atoms. The fourth-order valence-corrected chi connectivity index (χ4v) is 1.85. The highest BCUT2D eigenvalue weighted by atomic mass is 19.1. The van der Waals surface area contributed by atoms with Gasteiger partial charge in [0, 0.05) is 13.3 Å². The van der Waals surface area contributed by atoms with Gasteiger partial charge in [0.1, 0.15) is 23.7 Å². The number of hydrogen-bond acceptors (Lipinski definition) is 6. The Kier molecular flexibility index (Phi) is 5.74. The molecule has 0 aliphatic rings. The lowest BCUT2D eigenvalue weighted by Crippen LogP contribution is -2.16. The van der Waals surface area contributed by atoms with Gasteiger partial charge in [-0.05, 0) is 24.3 Å². The van der Waals surface area contributed by atoms with Gasteiger partial charge in [-0.3, -0.25) is 14.9 Å². The van der Waals surface area contributed by atoms with Gasteiger partial charge in [0.2, 0.25) is 5.88 Å². The summed E-state index contributed by atoms with van der Waals surface area (Å²) in [5, 5.41) is 13.3. The van der Waals surface area contributed by atoms with Crippen molar-refractivity contribution in [1.29, 1.82) is 0 Å². The van der Waals surface area contributed by atoms with Crippen LogP contribution in [-0.2, 0) is 4.74 Å². The number of carbonyl (C=O) groups excluding carboxylic acids is 1. The average molecular weight is 335 g/mol. The number of nitro benzene ring substituents is 1. The molecule has 2 rings (SSSR count). The number of anilines is 1. The van der Waals surface area contributed by atoms with Gasteiger partial charge < -0.3 is 14.8 Å². The number of nitrogens with zero attached hydrogens (tertiary/aromatic N) is 2. The number of benzene rings is 1. The van der Waals surface area contributed by atoms with E-state index in [2.05, 4.69) is 10.3 Å². The molecule has 9 heteroatoms. The van der Waals surface area contributed by atoms with Gasteiger partial charge in [-0.1, -0.05) is 0 Å². The van der Waals surface area contributed by atoms with E-state index in [0.29, 0.717) is 6.61 Å². The minimum atomic E-state index is -0.780. The summed E-state index contributed by atoms with van der Waals surface area (Å²) in [5.74, 6) is -1.37. The first-order valence-electron chi connectivity index (χ1n) is 6.85. The molecule has 8 nitrogen and oxygen atoms in total. The molecule has 126 valence electrons. The van der Waals surface area contributed by atoms with Crippen molar-refractivity contribution in [1.82, 2.24) is 4.98 Å². The van der Waals surface area contributed by atoms with E-state index in [4.69, 9.17) is 9.47 Å². The van der Waals surface area contributed by atoms with Crippen LogP contribution in [0.1, 0.15) is 10.4 Å². The predicted molar refractivity (Wildman–Crippen MR) is 82.6 cm³/mol. The van der Waals surface area contributed by atoms with E-state index in [-0.39, 0.29) is 23.7 Å². The highest BCUT2D eigenvalue weighted by Crippen LogP contribution is 2.26. The van der Waals surface area contributed by atoms with Crippen LogP contribution < -0.4 is 10.1 Å². The highest BCUT2D eigenvalue weighted by Gasteiger charge is 2.20. The van der Waals surface area contributed by atoms with Crippen molar-refractivity contribution in [2.75, 3.05) is 25.6 Å². The van der Waals surface area contributed by atoms with Crippen molar-refractivity contribution in [2.24, 2.45) is 0 Å². The molecule has 0 saturated heterocycles. The Balaban J connectivity index is 2.23. The number of halogens is 1. The zero-order chi connectivity index (χ0) is 17.5. The van der Waals surface area contributed by atoms with E-state index >= 15 is 0 Å². The maximum Gasteiger partial charge on any atom is 0.295 e. The lowest BCUT2D eigenvalue weighted by molar-refractivity contribution is -0.384. The minimum Gasteiger partial charge on any atom is -0.475 e. The molecule has 0 aliphatic carbocycles. The molecular weight excluding hydrogens is 321 g/mol. The van der Waals surface area contributed by atoms with Gasteiger partial charge in [-0.15, -0.1) is 0 Å². The van der Waals surface area contributed by atoms with Crippen LogP contribution in [0.3, 0.4) is 0 Å². The zero-order valence-electron chi connectivity index (χ0n) is 12.7. The number of nitro groups is 1. The topological polar surface area (TPSA) is 104 Å². The van der Waals surface area contributed by atoms with E-state index in [9.17, 15) is 19.3 Å². The van der Waals surface area contributed by atoms with E-state index in [1.54, 1.807) is 0 Å². The SMILES string of the molecule is COCCOc1ncccc1C(=O)Nc1ccc(F)cc1[N+](=O)[O-]. The predicted octanol–water partition coefficient (Wildman–Crippen LogP) is 2.41. The lowest BCUT2D eigenvalue weighted by Gasteiger charge is -2.10. The summed E-state index contributed by atoms with van der Waals surface area (Å²) >= 11 is 0. The van der Waals surface area contributed by atoms with Crippen molar-refractivity contribution in [3.8, 4) is 5.88 Å². The molecule has 0 spiro atoms. The molecule has 1 heterocycles. The van der Waals surface area contributed by atoms with Crippen LogP contribution in [0.5, 0.6) is 5.88 Å². The van der Waals surface area contributed by atoms with Crippen LogP contribution >= 0.6 is 0 Å². The first kappa shape index (κ1) is 17.3. The maximum atomic E-state index is 13.1. The molecule has 0 aliphatic heterocycles. The second-order valence-electron chi connectivity index (χ2n) is 4.57. The third kappa shape index (κ3) is 4.23. The van der Waals surface area contributed by atoms with Crippen LogP contribution in [0.15, 0.2) is 36.5 Å². The van der Waals surface area contributed by atoms with Gasteiger partial charge in [0.15, 0.2) is 0 Å². The second kappa shape index (κ2) is 7.97. The third-order valence-corrected chi connectivity index (χ3v) is 2.95. The fourth-order valence-electron chi connectivity index (χ4n) is 1.85. The normalized spacial score (nSPS) is 10.2. The molecule has 0 bridgehead atoms. The molecular formula is C15H14FN3O5. The number of hydrogen-bond donors (Lipinski definition) is 1. The molecule has 1 aromatic heterocycles. The molecule has 1 N–H and O–H groups in total. The summed E-state index contributed by atoms with van der Waals surface area (Å²) in [5.41, 5.74) is -0.584. The Morgan fingerprint density at radius 2 is 2.17 bits per heavy atom. The summed E-state index contributed by atoms with van der Waals surface area (Å²) in [6.45, 7) is 0.492. The molecule has 1 aromatic carbocycles. The smallest absolute Gasteiger partial charge is 0.295 e. The van der Waals surface area contributed by atoms with Gasteiger partial charge in [-0.25, -0.2) is 9.37 Å². The Bertz CT molecular complexity index is 754. The Hall–Kier alpha value is -3.07. The highest BCUT2D eigenvalue weighted by molar-refractivity contribution is 6.06. The second-order valence-corrected chi connectivity index (χ2v) is 4.57. The first-order valence-corrected chi connectivity index (χ1v) is 6.85. The maximum absolute atomic E-state index is 13.1. The van der Waals surface area contributed by atoms with Gasteiger partial charge in [0.25, 0.3) is 11.6 Å². The van der Waals surface area contributed by atoms with Crippen LogP contribution in [0.25, 0.3) is 0 Å². The van der Waals surface area contributed by atoms with Gasteiger partial charge >= 0.3 is 0 Å². The summed E-state index contributed by atoms with van der Waals surface area (Å²) < 4.78 is 23.3. The molecule has 0 unspecified atom stereocenters. The molecule has 0 fully saturated rings. The molecule has 2 aromatic rings. The number of carbonyl (C=O) groups is 1. The van der Waals surface area contributed by atoms with E-state index in [1.807, 2.05) is 0 Å². The van der Waals surface area contributed by atoms with Gasteiger partial charge in [0.05, 0.1) is 17.6 Å². The van der Waals surface area contributed by atoms with Crippen molar-refractivity contribution in [3.05, 3.63) is 58.0 Å². The Morgan fingerprint density at radius 3 is 2.88 bits per heavy atom. The Labute approximate surface area is 136 Å². The van der Waals surface area contributed by atoms with Gasteiger partial charge in [-0.2, -0.15) is 0 Å². The number of methoxy groups -OCH3 is 1. The lowest BCUT2D eigenvalue weighted by atomic mass is 10.2. The minimum absolute atomic E-state index is 0.0665.